The summed E-state index contributed by atoms with van der Waals surface area (Å²) in [5.41, 5.74) is 1.39. The average molecular weight is 362 g/mol. The predicted molar refractivity (Wildman–Crippen MR) is 88.3 cm³/mol. The molecule has 1 heterocycles. The molecule has 2 atom stereocenters. The van der Waals surface area contributed by atoms with Gasteiger partial charge in [-0.1, -0.05) is 36.0 Å². The van der Waals surface area contributed by atoms with Gasteiger partial charge < -0.3 is 5.11 Å². The minimum absolute atomic E-state index is 0.133. The highest BCUT2D eigenvalue weighted by atomic mass is 32.2. The predicted octanol–water partition coefficient (Wildman–Crippen LogP) is 5.32. The Morgan fingerprint density at radius 3 is 2.52 bits per heavy atom. The Labute approximate surface area is 146 Å². The average Bonchev–Trinajstić information content (AvgIpc) is 3.33. The van der Waals surface area contributed by atoms with Gasteiger partial charge in [-0.2, -0.15) is 13.2 Å². The quantitative estimate of drug-likeness (QED) is 0.670. The summed E-state index contributed by atoms with van der Waals surface area (Å²) >= 11 is 1.44. The molecule has 0 spiro atoms. The first-order valence-electron chi connectivity index (χ1n) is 7.78. The molecule has 0 amide bonds. The molecule has 1 N–H and O–H groups in total. The molecule has 2 aromatic carbocycles. The molecule has 128 valence electrons. The van der Waals surface area contributed by atoms with Gasteiger partial charge in [0.1, 0.15) is 0 Å². The van der Waals surface area contributed by atoms with Gasteiger partial charge in [0.2, 0.25) is 0 Å². The van der Waals surface area contributed by atoms with E-state index in [1.54, 1.807) is 0 Å². The summed E-state index contributed by atoms with van der Waals surface area (Å²) in [7, 11) is 0. The lowest BCUT2D eigenvalue weighted by atomic mass is 9.94. The fourth-order valence-corrected chi connectivity index (χ4v) is 4.21. The van der Waals surface area contributed by atoms with Crippen LogP contribution in [0.2, 0.25) is 0 Å². The zero-order valence-corrected chi connectivity index (χ0v) is 13.7. The van der Waals surface area contributed by atoms with Crippen LogP contribution in [-0.4, -0.2) is 11.1 Å². The Morgan fingerprint density at radius 2 is 1.84 bits per heavy atom. The minimum atomic E-state index is -4.41. The van der Waals surface area contributed by atoms with Crippen LogP contribution in [0.4, 0.5) is 13.2 Å². The summed E-state index contributed by atoms with van der Waals surface area (Å²) in [6, 6.07) is 11.3. The SMILES string of the molecule is O=C(O)C1CC1C=C1c2ccccc2Sc2ccc(C(F)(F)F)cc21. The summed E-state index contributed by atoms with van der Waals surface area (Å²) in [6.45, 7) is 0. The summed E-state index contributed by atoms with van der Waals surface area (Å²) < 4.78 is 39.4. The lowest BCUT2D eigenvalue weighted by Crippen LogP contribution is -2.08. The van der Waals surface area contributed by atoms with E-state index in [0.29, 0.717) is 17.6 Å². The standard InChI is InChI=1S/C19H13F3O2S/c20-19(21,22)11-5-6-17-15(9-11)14(8-10-7-13(10)18(23)24)12-3-1-2-4-16(12)25-17/h1-6,8-10,13H,7H2,(H,23,24). The molecule has 2 aliphatic rings. The molecule has 2 nitrogen and oxygen atoms in total. The number of halogens is 3. The number of carboxylic acids is 1. The van der Waals surface area contributed by atoms with Crippen molar-refractivity contribution in [3.05, 3.63) is 65.2 Å². The number of allylic oxidation sites excluding steroid dienone is 1. The molecular formula is C19H13F3O2S. The molecular weight excluding hydrogens is 349 g/mol. The van der Waals surface area contributed by atoms with Crippen LogP contribution in [0.5, 0.6) is 0 Å². The van der Waals surface area contributed by atoms with E-state index in [-0.39, 0.29) is 5.92 Å². The molecule has 1 aliphatic carbocycles. The van der Waals surface area contributed by atoms with Crippen LogP contribution in [0, 0.1) is 11.8 Å². The summed E-state index contributed by atoms with van der Waals surface area (Å²) in [6.07, 6.45) is -2.05. The number of aliphatic carboxylic acids is 1. The second-order valence-corrected chi connectivity index (χ2v) is 7.32. The van der Waals surface area contributed by atoms with Gasteiger partial charge in [-0.05, 0) is 53.3 Å². The number of benzene rings is 2. The molecule has 1 saturated carbocycles. The maximum absolute atomic E-state index is 13.1. The van der Waals surface area contributed by atoms with E-state index < -0.39 is 23.6 Å². The highest BCUT2D eigenvalue weighted by molar-refractivity contribution is 7.99. The Balaban J connectivity index is 1.85. The monoisotopic (exact) mass is 362 g/mol. The Morgan fingerprint density at radius 1 is 1.12 bits per heavy atom. The second-order valence-electron chi connectivity index (χ2n) is 6.23. The van der Waals surface area contributed by atoms with Crippen molar-refractivity contribution in [1.29, 1.82) is 0 Å². The van der Waals surface area contributed by atoms with Crippen molar-refractivity contribution in [1.82, 2.24) is 0 Å². The van der Waals surface area contributed by atoms with Crippen molar-refractivity contribution >= 4 is 23.3 Å². The van der Waals surface area contributed by atoms with Crippen molar-refractivity contribution in [2.75, 3.05) is 0 Å². The molecule has 25 heavy (non-hydrogen) atoms. The third kappa shape index (κ3) is 2.95. The van der Waals surface area contributed by atoms with Crippen LogP contribution < -0.4 is 0 Å². The van der Waals surface area contributed by atoms with Gasteiger partial charge in [0.25, 0.3) is 0 Å². The van der Waals surface area contributed by atoms with E-state index in [9.17, 15) is 18.0 Å². The van der Waals surface area contributed by atoms with Gasteiger partial charge in [0, 0.05) is 9.79 Å². The van der Waals surface area contributed by atoms with E-state index in [1.165, 1.54) is 23.9 Å². The third-order valence-electron chi connectivity index (χ3n) is 4.53. The zero-order chi connectivity index (χ0) is 17.8. The number of hydrogen-bond acceptors (Lipinski definition) is 2. The highest BCUT2D eigenvalue weighted by Crippen LogP contribution is 2.50. The van der Waals surface area contributed by atoms with Crippen molar-refractivity contribution in [2.45, 2.75) is 22.4 Å². The first kappa shape index (κ1) is 16.3. The number of alkyl halides is 3. The number of carbonyl (C=O) groups is 1. The Kier molecular flexibility index (Phi) is 3.68. The number of hydrogen-bond donors (Lipinski definition) is 1. The summed E-state index contributed by atoms with van der Waals surface area (Å²) in [5, 5.41) is 9.11. The first-order valence-corrected chi connectivity index (χ1v) is 8.60. The number of fused-ring (bicyclic) bond motifs is 2. The first-order chi connectivity index (χ1) is 11.8. The number of carboxylic acid groups (broad SMARTS) is 1. The highest BCUT2D eigenvalue weighted by Gasteiger charge is 2.42. The van der Waals surface area contributed by atoms with Crippen LogP contribution >= 0.6 is 11.8 Å². The fourth-order valence-electron chi connectivity index (χ4n) is 3.12. The molecule has 1 aliphatic heterocycles. The van der Waals surface area contributed by atoms with Gasteiger partial charge in [0.05, 0.1) is 11.5 Å². The van der Waals surface area contributed by atoms with Crippen molar-refractivity contribution in [3.63, 3.8) is 0 Å². The van der Waals surface area contributed by atoms with Crippen molar-refractivity contribution in [2.24, 2.45) is 11.8 Å². The van der Waals surface area contributed by atoms with Crippen LogP contribution in [0.15, 0.2) is 58.3 Å². The summed E-state index contributed by atoms with van der Waals surface area (Å²) in [4.78, 5) is 12.8. The molecule has 0 bridgehead atoms. The van der Waals surface area contributed by atoms with Crippen LogP contribution in [0.3, 0.4) is 0 Å². The smallest absolute Gasteiger partial charge is 0.416 e. The fraction of sp³-hybridized carbons (Fsp3) is 0.211. The van der Waals surface area contributed by atoms with Crippen molar-refractivity contribution < 1.29 is 23.1 Å². The van der Waals surface area contributed by atoms with E-state index >= 15 is 0 Å². The van der Waals surface area contributed by atoms with E-state index in [2.05, 4.69) is 0 Å². The lowest BCUT2D eigenvalue weighted by molar-refractivity contribution is -0.139. The van der Waals surface area contributed by atoms with Crippen LogP contribution in [-0.2, 0) is 11.0 Å². The molecule has 4 rings (SSSR count). The zero-order valence-electron chi connectivity index (χ0n) is 12.9. The molecule has 2 unspecified atom stereocenters. The Hall–Kier alpha value is -2.21. The van der Waals surface area contributed by atoms with Gasteiger partial charge in [-0.15, -0.1) is 0 Å². The minimum Gasteiger partial charge on any atom is -0.481 e. The Bertz CT molecular complexity index is 902. The molecule has 6 heteroatoms. The molecule has 2 aromatic rings. The van der Waals surface area contributed by atoms with E-state index in [1.807, 2.05) is 30.3 Å². The van der Waals surface area contributed by atoms with Crippen LogP contribution in [0.25, 0.3) is 5.57 Å². The maximum Gasteiger partial charge on any atom is 0.416 e. The van der Waals surface area contributed by atoms with E-state index in [0.717, 1.165) is 21.4 Å². The normalized spacial score (nSPS) is 23.1. The lowest BCUT2D eigenvalue weighted by Gasteiger charge is -2.23. The van der Waals surface area contributed by atoms with Gasteiger partial charge in [0.15, 0.2) is 0 Å². The topological polar surface area (TPSA) is 37.3 Å². The molecule has 1 fully saturated rings. The maximum atomic E-state index is 13.1. The molecule has 0 radical (unpaired) electrons. The van der Waals surface area contributed by atoms with E-state index in [4.69, 9.17) is 5.11 Å². The number of rotatable bonds is 2. The van der Waals surface area contributed by atoms with Crippen LogP contribution in [0.1, 0.15) is 23.1 Å². The molecule has 0 aromatic heterocycles. The van der Waals surface area contributed by atoms with Gasteiger partial charge in [-0.25, -0.2) is 0 Å². The van der Waals surface area contributed by atoms with Crippen molar-refractivity contribution in [3.8, 4) is 0 Å². The third-order valence-corrected chi connectivity index (χ3v) is 5.68. The van der Waals surface area contributed by atoms with Gasteiger partial charge in [-0.3, -0.25) is 4.79 Å². The van der Waals surface area contributed by atoms with Gasteiger partial charge >= 0.3 is 12.1 Å². The summed E-state index contributed by atoms with van der Waals surface area (Å²) in [5.74, 6) is -1.43. The molecule has 0 saturated heterocycles. The second kappa shape index (κ2) is 5.66. The largest absolute Gasteiger partial charge is 0.481 e.